The van der Waals surface area contributed by atoms with E-state index in [0.717, 1.165) is 6.07 Å². The Bertz CT molecular complexity index is 520. The van der Waals surface area contributed by atoms with Crippen molar-refractivity contribution in [2.45, 2.75) is 12.6 Å². The molecule has 1 rings (SSSR count). The van der Waals surface area contributed by atoms with Crippen molar-refractivity contribution in [3.05, 3.63) is 32.4 Å². The van der Waals surface area contributed by atoms with Crippen LogP contribution < -0.4 is 0 Å². The van der Waals surface area contributed by atoms with Crippen LogP contribution in [0, 0.1) is 14.9 Å². The molecule has 1 aromatic carbocycles. The monoisotopic (exact) mass is 369 g/mol. The molecule has 0 heterocycles. The molecule has 0 aliphatic heterocycles. The minimum Gasteiger partial charge on any atom is -0.469 e. The minimum absolute atomic E-state index is 0.0574. The number of hydrogen-bond donors (Lipinski definition) is 0. The number of halogens is 4. The van der Waals surface area contributed by atoms with Crippen LogP contribution in [0.3, 0.4) is 0 Å². The molecule has 0 saturated carbocycles. The van der Waals surface area contributed by atoms with Gasteiger partial charge in [-0.25, -0.2) is 0 Å². The summed E-state index contributed by atoms with van der Waals surface area (Å²) in [6.07, 6.45) is -4.75. The van der Waals surface area contributed by atoms with E-state index >= 15 is 0 Å². The predicted molar refractivity (Wildman–Crippen MR) is 64.6 cm³/mol. The molecule has 18 heavy (non-hydrogen) atoms. The number of hydrogen-bond acceptors (Lipinski definition) is 3. The molecular weight excluding hydrogens is 362 g/mol. The highest BCUT2D eigenvalue weighted by molar-refractivity contribution is 14.1. The summed E-state index contributed by atoms with van der Waals surface area (Å²) in [5.74, 6) is -0.609. The van der Waals surface area contributed by atoms with Crippen LogP contribution in [-0.4, -0.2) is 13.1 Å². The van der Waals surface area contributed by atoms with E-state index in [9.17, 15) is 18.0 Å². The van der Waals surface area contributed by atoms with Gasteiger partial charge in [0, 0.05) is 3.57 Å². The zero-order valence-corrected chi connectivity index (χ0v) is 11.3. The van der Waals surface area contributed by atoms with Gasteiger partial charge in [-0.05, 0) is 40.3 Å². The van der Waals surface area contributed by atoms with Crippen molar-refractivity contribution in [3.63, 3.8) is 0 Å². The van der Waals surface area contributed by atoms with Crippen LogP contribution in [0.15, 0.2) is 12.1 Å². The summed E-state index contributed by atoms with van der Waals surface area (Å²) in [6.45, 7) is 0. The third kappa shape index (κ3) is 3.35. The lowest BCUT2D eigenvalue weighted by molar-refractivity contribution is -0.139. The number of nitrogens with zero attached hydrogens (tertiary/aromatic N) is 1. The van der Waals surface area contributed by atoms with E-state index in [-0.39, 0.29) is 21.1 Å². The Morgan fingerprint density at radius 2 is 2.11 bits per heavy atom. The Morgan fingerprint density at radius 3 is 2.56 bits per heavy atom. The molecule has 0 fully saturated rings. The fourth-order valence-corrected chi connectivity index (χ4v) is 2.15. The van der Waals surface area contributed by atoms with Crippen molar-refractivity contribution in [2.75, 3.05) is 7.11 Å². The second-order valence-corrected chi connectivity index (χ2v) is 4.51. The van der Waals surface area contributed by atoms with E-state index in [4.69, 9.17) is 5.26 Å². The Labute approximate surface area is 115 Å². The van der Waals surface area contributed by atoms with Gasteiger partial charge in [-0.15, -0.1) is 0 Å². The number of methoxy groups -OCH3 is 1. The van der Waals surface area contributed by atoms with Gasteiger partial charge in [-0.2, -0.15) is 18.4 Å². The van der Waals surface area contributed by atoms with Crippen molar-refractivity contribution >= 4 is 28.6 Å². The highest BCUT2D eigenvalue weighted by Gasteiger charge is 2.34. The molecule has 0 radical (unpaired) electrons. The van der Waals surface area contributed by atoms with Crippen LogP contribution in [0.4, 0.5) is 13.2 Å². The molecule has 0 amide bonds. The molecule has 0 atom stereocenters. The summed E-state index contributed by atoms with van der Waals surface area (Å²) in [5, 5.41) is 8.81. The molecule has 0 aliphatic rings. The van der Waals surface area contributed by atoms with Gasteiger partial charge in [0.25, 0.3) is 0 Å². The SMILES string of the molecule is COC(=O)Cc1cc(I)c(C(F)(F)F)cc1C#N. The van der Waals surface area contributed by atoms with Crippen LogP contribution in [0.25, 0.3) is 0 Å². The molecule has 1 aromatic rings. The first-order chi connectivity index (χ1) is 8.29. The van der Waals surface area contributed by atoms with Gasteiger partial charge in [-0.3, -0.25) is 4.79 Å². The summed E-state index contributed by atoms with van der Waals surface area (Å²) in [4.78, 5) is 11.1. The summed E-state index contributed by atoms with van der Waals surface area (Å²) < 4.78 is 42.2. The van der Waals surface area contributed by atoms with E-state index < -0.39 is 17.7 Å². The van der Waals surface area contributed by atoms with Gasteiger partial charge in [0.1, 0.15) is 0 Å². The molecule has 0 N–H and O–H groups in total. The lowest BCUT2D eigenvalue weighted by Crippen LogP contribution is -2.11. The number of ether oxygens (including phenoxy) is 1. The van der Waals surface area contributed by atoms with Gasteiger partial charge >= 0.3 is 12.1 Å². The number of nitriles is 1. The molecular formula is C11H7F3INO2. The van der Waals surface area contributed by atoms with E-state index in [1.165, 1.54) is 35.8 Å². The molecule has 96 valence electrons. The number of carbonyl (C=O) groups excluding carboxylic acids is 1. The Morgan fingerprint density at radius 1 is 1.50 bits per heavy atom. The van der Waals surface area contributed by atoms with Gasteiger partial charge in [-0.1, -0.05) is 0 Å². The standard InChI is InChI=1S/C11H7F3INO2/c1-18-10(17)4-6-3-9(15)8(11(12,13)14)2-7(6)5-16/h2-3H,4H2,1H3. The molecule has 0 aromatic heterocycles. The van der Waals surface area contributed by atoms with Gasteiger partial charge in [0.15, 0.2) is 0 Å². The molecule has 7 heteroatoms. The minimum atomic E-state index is -4.52. The van der Waals surface area contributed by atoms with Crippen LogP contribution in [-0.2, 0) is 22.1 Å². The molecule has 0 spiro atoms. The van der Waals surface area contributed by atoms with Crippen molar-refractivity contribution in [1.29, 1.82) is 5.26 Å². The molecule has 0 bridgehead atoms. The normalized spacial score (nSPS) is 10.9. The topological polar surface area (TPSA) is 50.1 Å². The van der Waals surface area contributed by atoms with Crippen molar-refractivity contribution < 1.29 is 22.7 Å². The summed E-state index contributed by atoms with van der Waals surface area (Å²) >= 11 is 1.52. The maximum Gasteiger partial charge on any atom is 0.417 e. The lowest BCUT2D eigenvalue weighted by Gasteiger charge is -2.12. The molecule has 0 saturated heterocycles. The van der Waals surface area contributed by atoms with Gasteiger partial charge in [0.05, 0.1) is 30.7 Å². The van der Waals surface area contributed by atoms with Crippen LogP contribution >= 0.6 is 22.6 Å². The highest BCUT2D eigenvalue weighted by atomic mass is 127. The number of carbonyl (C=O) groups is 1. The number of rotatable bonds is 2. The van der Waals surface area contributed by atoms with Gasteiger partial charge < -0.3 is 4.74 Å². The zero-order chi connectivity index (χ0) is 13.9. The number of esters is 1. The van der Waals surface area contributed by atoms with E-state index in [2.05, 4.69) is 4.74 Å². The fraction of sp³-hybridized carbons (Fsp3) is 0.273. The second kappa shape index (κ2) is 5.56. The largest absolute Gasteiger partial charge is 0.469 e. The summed E-state index contributed by atoms with van der Waals surface area (Å²) in [7, 11) is 1.17. The first-order valence-corrected chi connectivity index (χ1v) is 5.74. The molecule has 0 unspecified atom stereocenters. The van der Waals surface area contributed by atoms with Crippen LogP contribution in [0.2, 0.25) is 0 Å². The van der Waals surface area contributed by atoms with E-state index in [1.807, 2.05) is 0 Å². The Balaban J connectivity index is 3.29. The number of alkyl halides is 3. The average Bonchev–Trinajstić information content (AvgIpc) is 2.27. The maximum absolute atomic E-state index is 12.6. The first-order valence-electron chi connectivity index (χ1n) is 4.66. The van der Waals surface area contributed by atoms with Crippen molar-refractivity contribution in [1.82, 2.24) is 0 Å². The smallest absolute Gasteiger partial charge is 0.417 e. The fourth-order valence-electron chi connectivity index (χ4n) is 1.31. The summed E-state index contributed by atoms with van der Waals surface area (Å²) in [5.41, 5.74) is -0.830. The zero-order valence-electron chi connectivity index (χ0n) is 9.14. The maximum atomic E-state index is 12.6. The summed E-state index contributed by atoms with van der Waals surface area (Å²) in [6, 6.07) is 3.58. The Kier molecular flexibility index (Phi) is 4.56. The third-order valence-electron chi connectivity index (χ3n) is 2.18. The van der Waals surface area contributed by atoms with E-state index in [1.54, 1.807) is 6.07 Å². The molecule has 3 nitrogen and oxygen atoms in total. The number of benzene rings is 1. The first kappa shape index (κ1) is 14.8. The van der Waals surface area contributed by atoms with Crippen molar-refractivity contribution in [2.24, 2.45) is 0 Å². The van der Waals surface area contributed by atoms with Gasteiger partial charge in [0.2, 0.25) is 0 Å². The van der Waals surface area contributed by atoms with Crippen LogP contribution in [0.1, 0.15) is 16.7 Å². The predicted octanol–water partition coefficient (Wildman–Crippen LogP) is 2.90. The molecule has 0 aliphatic carbocycles. The average molecular weight is 369 g/mol. The Hall–Kier alpha value is -1.30. The quantitative estimate of drug-likeness (QED) is 0.595. The highest BCUT2D eigenvalue weighted by Crippen LogP contribution is 2.34. The van der Waals surface area contributed by atoms with Crippen LogP contribution in [0.5, 0.6) is 0 Å². The van der Waals surface area contributed by atoms with E-state index in [0.29, 0.717) is 0 Å². The third-order valence-corrected chi connectivity index (χ3v) is 3.07. The van der Waals surface area contributed by atoms with Crippen molar-refractivity contribution in [3.8, 4) is 6.07 Å². The second-order valence-electron chi connectivity index (χ2n) is 3.35. The lowest BCUT2D eigenvalue weighted by atomic mass is 10.0.